The Balaban J connectivity index is 2.04. The predicted molar refractivity (Wildman–Crippen MR) is 108 cm³/mol. The van der Waals surface area contributed by atoms with E-state index in [4.69, 9.17) is 9.47 Å². The molecule has 2 heterocycles. The second-order valence-electron chi connectivity index (χ2n) is 5.92. The van der Waals surface area contributed by atoms with Crippen molar-refractivity contribution in [3.05, 3.63) is 53.2 Å². The molecule has 1 aromatic carbocycles. The van der Waals surface area contributed by atoms with Crippen molar-refractivity contribution in [2.24, 2.45) is 0 Å². The van der Waals surface area contributed by atoms with E-state index in [1.54, 1.807) is 25.3 Å². The Morgan fingerprint density at radius 3 is 2.59 bits per heavy atom. The average Bonchev–Trinajstić information content (AvgIpc) is 2.72. The van der Waals surface area contributed by atoms with Crippen LogP contribution in [0.25, 0.3) is 11.0 Å². The maximum atomic E-state index is 14.4. The molecule has 0 saturated heterocycles. The number of halogens is 2. The fourth-order valence-corrected chi connectivity index (χ4v) is 3.21. The lowest BCUT2D eigenvalue weighted by molar-refractivity contribution is 0.0527. The Bertz CT molecular complexity index is 1040. The largest absolute Gasteiger partial charge is 0.481 e. The van der Waals surface area contributed by atoms with Gasteiger partial charge in [-0.15, -0.1) is 11.8 Å². The Hall–Kier alpha value is -2.94. The number of carbonyl (C=O) groups is 1. The molecule has 3 rings (SSSR count). The van der Waals surface area contributed by atoms with Gasteiger partial charge >= 0.3 is 5.97 Å². The predicted octanol–water partition coefficient (Wildman–Crippen LogP) is 4.43. The minimum absolute atomic E-state index is 0.135. The number of carbonyl (C=O) groups excluding carboxylic acids is 1. The molecule has 3 aromatic rings. The van der Waals surface area contributed by atoms with E-state index >= 15 is 0 Å². The molecule has 1 N–H and O–H groups in total. The van der Waals surface area contributed by atoms with Crippen molar-refractivity contribution in [2.75, 3.05) is 25.3 Å². The molecular weight excluding hydrogens is 400 g/mol. The van der Waals surface area contributed by atoms with E-state index in [0.717, 1.165) is 0 Å². The Morgan fingerprint density at radius 1 is 1.24 bits per heavy atom. The van der Waals surface area contributed by atoms with Gasteiger partial charge in [-0.2, -0.15) is 4.98 Å². The highest BCUT2D eigenvalue weighted by molar-refractivity contribution is 7.98. The van der Waals surface area contributed by atoms with E-state index in [9.17, 15) is 13.6 Å². The van der Waals surface area contributed by atoms with Crippen LogP contribution in [-0.2, 0) is 11.3 Å². The van der Waals surface area contributed by atoms with Crippen molar-refractivity contribution in [3.63, 3.8) is 0 Å². The number of anilines is 1. The molecule has 0 radical (unpaired) electrons. The summed E-state index contributed by atoms with van der Waals surface area (Å²) >= 11 is 1.25. The first-order valence-corrected chi connectivity index (χ1v) is 9.97. The summed E-state index contributed by atoms with van der Waals surface area (Å²) in [5.74, 6) is -1.58. The topological polar surface area (TPSA) is 73.3 Å². The monoisotopic (exact) mass is 419 g/mol. The molecule has 0 saturated carbocycles. The molecule has 0 atom stereocenters. The van der Waals surface area contributed by atoms with Crippen LogP contribution in [0.3, 0.4) is 0 Å². The van der Waals surface area contributed by atoms with Crippen LogP contribution in [0.15, 0.2) is 35.4 Å². The molecule has 29 heavy (non-hydrogen) atoms. The number of hydrogen-bond acceptors (Lipinski definition) is 7. The Kier molecular flexibility index (Phi) is 6.48. The number of nitrogens with one attached hydrogen (secondary N) is 1. The standard InChI is InChI=1S/C20H19F2N3O3S/c1-4-28-20(26)14-10-24-19-12(5-6-17(25-19)27-2)18(14)23-9-13-15(21)7-11(29-3)8-16(13)22/h5-8,10H,4,9H2,1-3H3,(H,23,24,25). The number of benzene rings is 1. The first-order valence-electron chi connectivity index (χ1n) is 8.75. The van der Waals surface area contributed by atoms with E-state index in [2.05, 4.69) is 15.3 Å². The fraction of sp³-hybridized carbons (Fsp3) is 0.250. The summed E-state index contributed by atoms with van der Waals surface area (Å²) in [5, 5.41) is 3.46. The summed E-state index contributed by atoms with van der Waals surface area (Å²) < 4.78 is 38.9. The van der Waals surface area contributed by atoms with Gasteiger partial charge < -0.3 is 14.8 Å². The smallest absolute Gasteiger partial charge is 0.341 e. The summed E-state index contributed by atoms with van der Waals surface area (Å²) in [6, 6.07) is 5.82. The molecule has 152 valence electrons. The third kappa shape index (κ3) is 4.40. The summed E-state index contributed by atoms with van der Waals surface area (Å²) in [6.45, 7) is 1.68. The summed E-state index contributed by atoms with van der Waals surface area (Å²) in [7, 11) is 1.48. The highest BCUT2D eigenvalue weighted by atomic mass is 32.2. The molecule has 0 spiro atoms. The third-order valence-electron chi connectivity index (χ3n) is 4.20. The molecule has 6 nitrogen and oxygen atoms in total. The molecule has 0 aliphatic rings. The van der Waals surface area contributed by atoms with Crippen LogP contribution in [-0.4, -0.2) is 35.9 Å². The fourth-order valence-electron chi connectivity index (χ4n) is 2.77. The van der Waals surface area contributed by atoms with Crippen LogP contribution in [0.1, 0.15) is 22.8 Å². The quantitative estimate of drug-likeness (QED) is 0.449. The third-order valence-corrected chi connectivity index (χ3v) is 4.91. The van der Waals surface area contributed by atoms with E-state index < -0.39 is 17.6 Å². The summed E-state index contributed by atoms with van der Waals surface area (Å²) in [5.41, 5.74) is 0.659. The number of hydrogen-bond donors (Lipinski definition) is 1. The Labute approximate surface area is 170 Å². The molecule has 0 aliphatic carbocycles. The number of fused-ring (bicyclic) bond motifs is 1. The normalized spacial score (nSPS) is 10.8. The van der Waals surface area contributed by atoms with E-state index in [0.29, 0.717) is 27.5 Å². The van der Waals surface area contributed by atoms with Crippen LogP contribution in [0.2, 0.25) is 0 Å². The average molecular weight is 419 g/mol. The second-order valence-corrected chi connectivity index (χ2v) is 6.79. The van der Waals surface area contributed by atoms with Crippen molar-refractivity contribution in [3.8, 4) is 5.88 Å². The minimum Gasteiger partial charge on any atom is -0.481 e. The molecule has 0 amide bonds. The number of thioether (sulfide) groups is 1. The minimum atomic E-state index is -0.669. The van der Waals surface area contributed by atoms with Crippen molar-refractivity contribution in [1.82, 2.24) is 9.97 Å². The molecule has 2 aromatic heterocycles. The number of methoxy groups -OCH3 is 1. The van der Waals surface area contributed by atoms with E-state index in [1.807, 2.05) is 0 Å². The zero-order valence-electron chi connectivity index (χ0n) is 16.1. The maximum Gasteiger partial charge on any atom is 0.341 e. The van der Waals surface area contributed by atoms with E-state index in [-0.39, 0.29) is 24.3 Å². The van der Waals surface area contributed by atoms with Gasteiger partial charge in [-0.25, -0.2) is 18.6 Å². The van der Waals surface area contributed by atoms with E-state index in [1.165, 1.54) is 37.2 Å². The van der Waals surface area contributed by atoms with Crippen molar-refractivity contribution in [1.29, 1.82) is 0 Å². The lowest BCUT2D eigenvalue weighted by atomic mass is 10.1. The van der Waals surface area contributed by atoms with Crippen LogP contribution in [0.4, 0.5) is 14.5 Å². The number of esters is 1. The second kappa shape index (κ2) is 9.04. The van der Waals surface area contributed by atoms with Gasteiger partial charge in [0.1, 0.15) is 17.2 Å². The molecule has 0 unspecified atom stereocenters. The number of nitrogens with zero attached hydrogens (tertiary/aromatic N) is 2. The maximum absolute atomic E-state index is 14.4. The summed E-state index contributed by atoms with van der Waals surface area (Å²) in [6.07, 6.45) is 3.06. The molecule has 9 heteroatoms. The first kappa shape index (κ1) is 20.8. The van der Waals surface area contributed by atoms with Crippen molar-refractivity contribution in [2.45, 2.75) is 18.4 Å². The molecule has 0 fully saturated rings. The number of ether oxygens (including phenoxy) is 2. The van der Waals surface area contributed by atoms with Gasteiger partial charge in [0, 0.05) is 34.7 Å². The summed E-state index contributed by atoms with van der Waals surface area (Å²) in [4.78, 5) is 21.3. The van der Waals surface area contributed by atoms with Gasteiger partial charge in [0.15, 0.2) is 5.65 Å². The molecule has 0 bridgehead atoms. The van der Waals surface area contributed by atoms with Crippen molar-refractivity contribution >= 4 is 34.5 Å². The highest BCUT2D eigenvalue weighted by Gasteiger charge is 2.19. The number of pyridine rings is 2. The highest BCUT2D eigenvalue weighted by Crippen LogP contribution is 2.29. The van der Waals surface area contributed by atoms with Crippen LogP contribution in [0, 0.1) is 11.6 Å². The van der Waals surface area contributed by atoms with Crippen molar-refractivity contribution < 1.29 is 23.0 Å². The number of rotatable bonds is 7. The van der Waals surface area contributed by atoms with Crippen LogP contribution in [0.5, 0.6) is 5.88 Å². The van der Waals surface area contributed by atoms with Gasteiger partial charge in [-0.05, 0) is 31.4 Å². The van der Waals surface area contributed by atoms with Gasteiger partial charge in [-0.1, -0.05) is 0 Å². The van der Waals surface area contributed by atoms with Crippen LogP contribution < -0.4 is 10.1 Å². The van der Waals surface area contributed by atoms with Gasteiger partial charge in [0.2, 0.25) is 5.88 Å². The van der Waals surface area contributed by atoms with Gasteiger partial charge in [0.25, 0.3) is 0 Å². The van der Waals surface area contributed by atoms with Gasteiger partial charge in [0.05, 0.1) is 19.4 Å². The molecular formula is C20H19F2N3O3S. The number of aromatic nitrogens is 2. The Morgan fingerprint density at radius 2 is 1.97 bits per heavy atom. The van der Waals surface area contributed by atoms with Crippen LogP contribution >= 0.6 is 11.8 Å². The van der Waals surface area contributed by atoms with Gasteiger partial charge in [-0.3, -0.25) is 0 Å². The lowest BCUT2D eigenvalue weighted by Gasteiger charge is -2.15. The zero-order valence-corrected chi connectivity index (χ0v) is 16.9. The molecule has 0 aliphatic heterocycles. The lowest BCUT2D eigenvalue weighted by Crippen LogP contribution is -2.13. The first-order chi connectivity index (χ1) is 14.0. The zero-order chi connectivity index (χ0) is 21.0. The SMILES string of the molecule is CCOC(=O)c1cnc2nc(OC)ccc2c1NCc1c(F)cc(SC)cc1F.